The monoisotopic (exact) mass is 486 g/mol. The molecule has 4 saturated carbocycles. The molecule has 0 atom stereocenters. The highest BCUT2D eigenvalue weighted by molar-refractivity contribution is 7.89. The lowest BCUT2D eigenvalue weighted by Crippen LogP contribution is -2.48. The van der Waals surface area contributed by atoms with Crippen LogP contribution in [0.5, 0.6) is 0 Å². The third-order valence-electron chi connectivity index (χ3n) is 8.19. The lowest BCUT2D eigenvalue weighted by molar-refractivity contribution is -0.00555. The number of nitrogens with zero attached hydrogens (tertiary/aromatic N) is 3. The van der Waals surface area contributed by atoms with Gasteiger partial charge in [0, 0.05) is 24.1 Å². The van der Waals surface area contributed by atoms with Gasteiger partial charge in [0.15, 0.2) is 0 Å². The van der Waals surface area contributed by atoms with E-state index in [0.717, 1.165) is 42.0 Å². The highest BCUT2D eigenvalue weighted by Crippen LogP contribution is 2.61. The van der Waals surface area contributed by atoms with Crippen molar-refractivity contribution in [2.24, 2.45) is 17.8 Å². The summed E-state index contributed by atoms with van der Waals surface area (Å²) in [5.74, 6) is 2.12. The smallest absolute Gasteiger partial charge is 0.257 e. The van der Waals surface area contributed by atoms with Crippen LogP contribution in [0.4, 0.5) is 5.13 Å². The van der Waals surface area contributed by atoms with E-state index >= 15 is 0 Å². The standard InChI is InChI=1S/C24H30N4O3S2/c29-21(19-5-4-6-20(12-19)33(30,31)28-7-2-1-3-8-28)25-23-27-26-22(32-23)24-13-16-9-17(14-24)11-18(10-16)15-24/h4-6,12,16-18H,1-3,7-11,13-15H2,(H,25,27,29). The van der Waals surface area contributed by atoms with Gasteiger partial charge >= 0.3 is 0 Å². The summed E-state index contributed by atoms with van der Waals surface area (Å²) in [7, 11) is -3.58. The van der Waals surface area contributed by atoms with Crippen molar-refractivity contribution in [2.75, 3.05) is 18.4 Å². The van der Waals surface area contributed by atoms with Crippen LogP contribution in [-0.4, -0.2) is 41.9 Å². The van der Waals surface area contributed by atoms with E-state index in [2.05, 4.69) is 15.5 Å². The molecule has 1 aromatic carbocycles. The van der Waals surface area contributed by atoms with Gasteiger partial charge in [0.25, 0.3) is 5.91 Å². The van der Waals surface area contributed by atoms with E-state index in [1.807, 2.05) is 0 Å². The van der Waals surface area contributed by atoms with Crippen molar-refractivity contribution in [3.63, 3.8) is 0 Å². The van der Waals surface area contributed by atoms with Crippen molar-refractivity contribution >= 4 is 32.4 Å². The van der Waals surface area contributed by atoms with E-state index in [4.69, 9.17) is 0 Å². The molecule has 2 aromatic rings. The molecular formula is C24H30N4O3S2. The summed E-state index contributed by atoms with van der Waals surface area (Å²) in [4.78, 5) is 13.1. The minimum atomic E-state index is -3.58. The molecule has 4 bridgehead atoms. The van der Waals surface area contributed by atoms with Gasteiger partial charge in [0.05, 0.1) is 4.90 Å². The summed E-state index contributed by atoms with van der Waals surface area (Å²) in [5.41, 5.74) is 0.470. The van der Waals surface area contributed by atoms with Gasteiger partial charge in [-0.05, 0) is 87.3 Å². The Morgan fingerprint density at radius 3 is 2.33 bits per heavy atom. The number of hydrogen-bond acceptors (Lipinski definition) is 6. The second-order valence-corrected chi connectivity index (χ2v) is 13.5. The maximum Gasteiger partial charge on any atom is 0.257 e. The maximum atomic E-state index is 13.0. The van der Waals surface area contributed by atoms with Gasteiger partial charge in [-0.15, -0.1) is 10.2 Å². The molecule has 1 aliphatic heterocycles. The lowest BCUT2D eigenvalue weighted by Gasteiger charge is -2.55. The summed E-state index contributed by atoms with van der Waals surface area (Å²) in [5, 5.41) is 13.2. The van der Waals surface area contributed by atoms with Gasteiger partial charge in [-0.1, -0.05) is 23.8 Å². The van der Waals surface area contributed by atoms with E-state index in [9.17, 15) is 13.2 Å². The largest absolute Gasteiger partial charge is 0.296 e. The van der Waals surface area contributed by atoms with Crippen LogP contribution >= 0.6 is 11.3 Å². The van der Waals surface area contributed by atoms with Crippen LogP contribution < -0.4 is 5.32 Å². The molecule has 7 nitrogen and oxygen atoms in total. The predicted octanol–water partition coefficient (Wildman–Crippen LogP) is 4.43. The van der Waals surface area contributed by atoms with Crippen molar-refractivity contribution < 1.29 is 13.2 Å². The van der Waals surface area contributed by atoms with Gasteiger partial charge in [-0.25, -0.2) is 8.42 Å². The fourth-order valence-electron chi connectivity index (χ4n) is 7.08. The van der Waals surface area contributed by atoms with Gasteiger partial charge < -0.3 is 0 Å². The maximum absolute atomic E-state index is 13.0. The number of nitrogens with one attached hydrogen (secondary N) is 1. The Morgan fingerprint density at radius 2 is 1.67 bits per heavy atom. The minimum Gasteiger partial charge on any atom is -0.296 e. The molecule has 5 fully saturated rings. The SMILES string of the molecule is O=C(Nc1nnc(C23CC4CC(CC(C4)C2)C3)s1)c1cccc(S(=O)(=O)N2CCCCC2)c1. The Labute approximate surface area is 199 Å². The Morgan fingerprint density at radius 1 is 1.00 bits per heavy atom. The van der Waals surface area contributed by atoms with Gasteiger partial charge in [-0.2, -0.15) is 4.31 Å². The molecular weight excluding hydrogens is 456 g/mol. The molecule has 1 amide bonds. The van der Waals surface area contributed by atoms with Crippen molar-refractivity contribution in [3.05, 3.63) is 34.8 Å². The molecule has 0 unspecified atom stereocenters. The number of hydrogen-bond donors (Lipinski definition) is 1. The second kappa shape index (κ2) is 8.13. The molecule has 1 N–H and O–H groups in total. The first-order valence-electron chi connectivity index (χ1n) is 12.2. The van der Waals surface area contributed by atoms with Crippen LogP contribution in [0.25, 0.3) is 0 Å². The van der Waals surface area contributed by atoms with E-state index in [0.29, 0.717) is 23.8 Å². The molecule has 0 radical (unpaired) electrons. The first kappa shape index (κ1) is 21.7. The first-order chi connectivity index (χ1) is 15.9. The number of aromatic nitrogens is 2. The number of anilines is 1. The zero-order valence-electron chi connectivity index (χ0n) is 18.7. The molecule has 4 aliphatic carbocycles. The number of carbonyl (C=O) groups excluding carboxylic acids is 1. The molecule has 176 valence electrons. The van der Waals surface area contributed by atoms with Crippen LogP contribution in [0.3, 0.4) is 0 Å². The topological polar surface area (TPSA) is 92.3 Å². The number of amides is 1. The summed E-state index contributed by atoms with van der Waals surface area (Å²) in [6.45, 7) is 1.08. The molecule has 7 rings (SSSR count). The Kier molecular flexibility index (Phi) is 5.34. The zero-order chi connectivity index (χ0) is 22.6. The number of sulfonamides is 1. The average Bonchev–Trinajstić information content (AvgIpc) is 3.28. The fraction of sp³-hybridized carbons (Fsp3) is 0.625. The van der Waals surface area contributed by atoms with Crippen molar-refractivity contribution in [1.29, 1.82) is 0 Å². The van der Waals surface area contributed by atoms with Crippen LogP contribution in [-0.2, 0) is 15.4 Å². The molecule has 1 saturated heterocycles. The van der Waals surface area contributed by atoms with Gasteiger partial charge in [0.2, 0.25) is 15.2 Å². The molecule has 9 heteroatoms. The van der Waals surface area contributed by atoms with Gasteiger partial charge in [0.1, 0.15) is 5.01 Å². The average molecular weight is 487 g/mol. The van der Waals surface area contributed by atoms with Crippen LogP contribution in [0.15, 0.2) is 29.2 Å². The molecule has 5 aliphatic rings. The van der Waals surface area contributed by atoms with E-state index in [-0.39, 0.29) is 16.2 Å². The summed E-state index contributed by atoms with van der Waals surface area (Å²) in [6, 6.07) is 6.31. The molecule has 2 heterocycles. The zero-order valence-corrected chi connectivity index (χ0v) is 20.3. The quantitative estimate of drug-likeness (QED) is 0.675. The lowest BCUT2D eigenvalue weighted by atomic mass is 9.50. The van der Waals surface area contributed by atoms with E-state index in [1.165, 1.54) is 60.2 Å². The highest BCUT2D eigenvalue weighted by atomic mass is 32.2. The molecule has 0 spiro atoms. The second-order valence-electron chi connectivity index (χ2n) is 10.6. The van der Waals surface area contributed by atoms with Crippen LogP contribution in [0.1, 0.15) is 73.2 Å². The molecule has 1 aromatic heterocycles. The Bertz CT molecular complexity index is 1130. The normalized spacial score (nSPS) is 31.6. The van der Waals surface area contributed by atoms with Crippen molar-refractivity contribution in [3.8, 4) is 0 Å². The van der Waals surface area contributed by atoms with Crippen molar-refractivity contribution in [2.45, 2.75) is 68.1 Å². The Hall–Kier alpha value is -1.84. The number of benzene rings is 1. The van der Waals surface area contributed by atoms with E-state index < -0.39 is 10.0 Å². The third-order valence-corrected chi connectivity index (χ3v) is 11.2. The number of piperidine rings is 1. The highest BCUT2D eigenvalue weighted by Gasteiger charge is 2.53. The Balaban J connectivity index is 1.19. The summed E-state index contributed by atoms with van der Waals surface area (Å²) in [6.07, 6.45) is 10.6. The third kappa shape index (κ3) is 3.91. The number of carbonyl (C=O) groups is 1. The summed E-state index contributed by atoms with van der Waals surface area (Å²) >= 11 is 1.50. The van der Waals surface area contributed by atoms with Crippen molar-refractivity contribution in [1.82, 2.24) is 14.5 Å². The predicted molar refractivity (Wildman–Crippen MR) is 127 cm³/mol. The van der Waals surface area contributed by atoms with Crippen LogP contribution in [0.2, 0.25) is 0 Å². The fourth-order valence-corrected chi connectivity index (χ4v) is 9.60. The number of rotatable bonds is 5. The summed E-state index contributed by atoms with van der Waals surface area (Å²) < 4.78 is 27.5. The van der Waals surface area contributed by atoms with Gasteiger partial charge in [-0.3, -0.25) is 10.1 Å². The van der Waals surface area contributed by atoms with E-state index in [1.54, 1.807) is 18.2 Å². The molecule has 33 heavy (non-hydrogen) atoms. The van der Waals surface area contributed by atoms with Crippen LogP contribution in [0, 0.1) is 17.8 Å². The first-order valence-corrected chi connectivity index (χ1v) is 14.4. The minimum absolute atomic E-state index is 0.151.